The molecule has 0 aromatic heterocycles. The molecule has 0 unspecified atom stereocenters. The standard InChI is InChI=1S/C15H16.C11H16O.C11H16S/c1-13-7-9-15(10-8-13)12-11-14-5-3-2-4-6-14;2*1-3-4-9-12-11-7-5-10(2)6-8-11/h2-10H,11-12H2,1H3;2*5-8H,3-4,9H2,1-2H3. The molecule has 0 aliphatic carbocycles. The van der Waals surface area contributed by atoms with Crippen molar-refractivity contribution >= 4 is 11.8 Å². The van der Waals surface area contributed by atoms with Gasteiger partial charge in [-0.1, -0.05) is 122 Å². The van der Waals surface area contributed by atoms with E-state index in [-0.39, 0.29) is 0 Å². The van der Waals surface area contributed by atoms with Crippen LogP contribution in [0.3, 0.4) is 0 Å². The zero-order valence-corrected chi connectivity index (χ0v) is 25.6. The third kappa shape index (κ3) is 15.3. The highest BCUT2D eigenvalue weighted by Crippen LogP contribution is 2.19. The van der Waals surface area contributed by atoms with Crippen LogP contribution >= 0.6 is 11.8 Å². The minimum absolute atomic E-state index is 0.833. The van der Waals surface area contributed by atoms with Crippen molar-refractivity contribution in [1.29, 1.82) is 0 Å². The summed E-state index contributed by atoms with van der Waals surface area (Å²) in [6.07, 6.45) is 7.19. The molecule has 0 saturated heterocycles. The Bertz CT molecular complexity index is 1070. The van der Waals surface area contributed by atoms with E-state index in [2.05, 4.69) is 126 Å². The molecular formula is C37H48OS. The molecule has 1 nitrogen and oxygen atoms in total. The fourth-order valence-electron chi connectivity index (χ4n) is 3.63. The molecule has 0 saturated carbocycles. The van der Waals surface area contributed by atoms with Gasteiger partial charge in [-0.15, -0.1) is 11.8 Å². The van der Waals surface area contributed by atoms with E-state index in [4.69, 9.17) is 4.74 Å². The Hall–Kier alpha value is -2.97. The van der Waals surface area contributed by atoms with Crippen molar-refractivity contribution in [2.75, 3.05) is 12.4 Å². The summed E-state index contributed by atoms with van der Waals surface area (Å²) in [5.74, 6) is 2.23. The summed E-state index contributed by atoms with van der Waals surface area (Å²) in [5.41, 5.74) is 6.79. The first-order valence-corrected chi connectivity index (χ1v) is 15.5. The van der Waals surface area contributed by atoms with Gasteiger partial charge in [-0.3, -0.25) is 0 Å². The van der Waals surface area contributed by atoms with E-state index >= 15 is 0 Å². The Morgan fingerprint density at radius 3 is 1.56 bits per heavy atom. The van der Waals surface area contributed by atoms with Crippen molar-refractivity contribution < 1.29 is 4.74 Å². The van der Waals surface area contributed by atoms with Crippen LogP contribution < -0.4 is 4.74 Å². The predicted molar refractivity (Wildman–Crippen MR) is 173 cm³/mol. The van der Waals surface area contributed by atoms with Crippen LogP contribution in [0.2, 0.25) is 0 Å². The predicted octanol–water partition coefficient (Wildman–Crippen LogP) is 10.8. The third-order valence-electron chi connectivity index (χ3n) is 6.24. The summed E-state index contributed by atoms with van der Waals surface area (Å²) >= 11 is 1.95. The smallest absolute Gasteiger partial charge is 0.119 e. The highest BCUT2D eigenvalue weighted by atomic mass is 32.2. The summed E-state index contributed by atoms with van der Waals surface area (Å²) in [4.78, 5) is 1.40. The number of benzene rings is 4. The molecule has 0 aliphatic rings. The molecule has 0 amide bonds. The monoisotopic (exact) mass is 540 g/mol. The lowest BCUT2D eigenvalue weighted by Gasteiger charge is -2.04. The van der Waals surface area contributed by atoms with Gasteiger partial charge in [-0.2, -0.15) is 0 Å². The molecule has 0 spiro atoms. The Kier molecular flexibility index (Phi) is 16.5. The molecule has 0 bridgehead atoms. The lowest BCUT2D eigenvalue weighted by atomic mass is 10.0. The summed E-state index contributed by atoms with van der Waals surface area (Å²) in [6, 6.07) is 36.4. The van der Waals surface area contributed by atoms with E-state index in [1.807, 2.05) is 23.9 Å². The van der Waals surface area contributed by atoms with E-state index in [0.717, 1.165) is 31.6 Å². The molecule has 0 N–H and O–H groups in total. The molecule has 39 heavy (non-hydrogen) atoms. The van der Waals surface area contributed by atoms with Gasteiger partial charge in [0.05, 0.1) is 6.61 Å². The van der Waals surface area contributed by atoms with Crippen LogP contribution in [0.25, 0.3) is 0 Å². The van der Waals surface area contributed by atoms with Crippen molar-refractivity contribution in [3.8, 4) is 5.75 Å². The van der Waals surface area contributed by atoms with Gasteiger partial charge in [0.15, 0.2) is 0 Å². The molecule has 0 fully saturated rings. The number of unbranched alkanes of at least 4 members (excludes halogenated alkanes) is 2. The SMILES string of the molecule is CCCCOc1ccc(C)cc1.CCCCSc1ccc(C)cc1.Cc1ccc(CCc2ccccc2)cc1. The maximum atomic E-state index is 5.50. The fourth-order valence-corrected chi connectivity index (χ4v) is 4.62. The van der Waals surface area contributed by atoms with E-state index in [9.17, 15) is 0 Å². The molecule has 4 aromatic carbocycles. The molecule has 4 aromatic rings. The van der Waals surface area contributed by atoms with Crippen molar-refractivity contribution in [2.45, 2.75) is 78.0 Å². The van der Waals surface area contributed by atoms with Gasteiger partial charge in [-0.25, -0.2) is 0 Å². The molecule has 0 aliphatic heterocycles. The highest BCUT2D eigenvalue weighted by Gasteiger charge is 1.95. The van der Waals surface area contributed by atoms with Gasteiger partial charge < -0.3 is 4.74 Å². The minimum atomic E-state index is 0.833. The van der Waals surface area contributed by atoms with Crippen molar-refractivity contribution in [2.24, 2.45) is 0 Å². The Balaban J connectivity index is 0.000000207. The van der Waals surface area contributed by atoms with Crippen LogP contribution in [0.15, 0.2) is 108 Å². The minimum Gasteiger partial charge on any atom is -0.494 e. The lowest BCUT2D eigenvalue weighted by Crippen LogP contribution is -1.95. The number of hydrogen-bond acceptors (Lipinski definition) is 2. The molecular weight excluding hydrogens is 492 g/mol. The van der Waals surface area contributed by atoms with Crippen LogP contribution in [0.5, 0.6) is 5.75 Å². The second-order valence-electron chi connectivity index (χ2n) is 10.0. The average Bonchev–Trinajstić information content (AvgIpc) is 2.96. The first-order chi connectivity index (χ1) is 19.0. The Morgan fingerprint density at radius 2 is 1.03 bits per heavy atom. The van der Waals surface area contributed by atoms with Gasteiger partial charge in [0.2, 0.25) is 0 Å². The topological polar surface area (TPSA) is 9.23 Å². The van der Waals surface area contributed by atoms with Gasteiger partial charge in [0.1, 0.15) is 5.75 Å². The Labute approximate surface area is 243 Å². The van der Waals surface area contributed by atoms with Crippen LogP contribution in [0.4, 0.5) is 0 Å². The highest BCUT2D eigenvalue weighted by molar-refractivity contribution is 7.99. The van der Waals surface area contributed by atoms with Gasteiger partial charge >= 0.3 is 0 Å². The van der Waals surface area contributed by atoms with E-state index < -0.39 is 0 Å². The summed E-state index contributed by atoms with van der Waals surface area (Å²) in [6.45, 7) is 11.6. The summed E-state index contributed by atoms with van der Waals surface area (Å²) < 4.78 is 5.50. The average molecular weight is 541 g/mol. The van der Waals surface area contributed by atoms with Crippen LogP contribution in [-0.4, -0.2) is 12.4 Å². The van der Waals surface area contributed by atoms with Gasteiger partial charge in [0.25, 0.3) is 0 Å². The zero-order chi connectivity index (χ0) is 28.1. The number of aryl methyl sites for hydroxylation is 5. The van der Waals surface area contributed by atoms with Crippen LogP contribution in [0.1, 0.15) is 67.3 Å². The van der Waals surface area contributed by atoms with E-state index in [1.54, 1.807) is 0 Å². The summed E-state index contributed by atoms with van der Waals surface area (Å²) in [5, 5.41) is 0. The third-order valence-corrected chi connectivity index (χ3v) is 7.34. The lowest BCUT2D eigenvalue weighted by molar-refractivity contribution is 0.309. The molecule has 2 heteroatoms. The summed E-state index contributed by atoms with van der Waals surface area (Å²) in [7, 11) is 0. The number of hydrogen-bond donors (Lipinski definition) is 0. The molecule has 0 atom stereocenters. The molecule has 0 heterocycles. The van der Waals surface area contributed by atoms with Crippen molar-refractivity contribution in [1.82, 2.24) is 0 Å². The number of rotatable bonds is 11. The van der Waals surface area contributed by atoms with Crippen LogP contribution in [-0.2, 0) is 12.8 Å². The number of thioether (sulfide) groups is 1. The second-order valence-corrected chi connectivity index (χ2v) is 11.2. The molecule has 208 valence electrons. The fraction of sp³-hybridized carbons (Fsp3) is 0.351. The van der Waals surface area contributed by atoms with Gasteiger partial charge in [0, 0.05) is 4.90 Å². The normalized spacial score (nSPS) is 10.1. The zero-order valence-electron chi connectivity index (χ0n) is 24.8. The second kappa shape index (κ2) is 20.0. The first-order valence-electron chi connectivity index (χ1n) is 14.5. The molecule has 0 radical (unpaired) electrons. The number of ether oxygens (including phenoxy) is 1. The molecule has 4 rings (SSSR count). The quantitative estimate of drug-likeness (QED) is 0.138. The first kappa shape index (κ1) is 32.2. The van der Waals surface area contributed by atoms with Crippen LogP contribution in [0, 0.1) is 20.8 Å². The van der Waals surface area contributed by atoms with Crippen molar-refractivity contribution in [3.63, 3.8) is 0 Å². The Morgan fingerprint density at radius 1 is 0.538 bits per heavy atom. The maximum Gasteiger partial charge on any atom is 0.119 e. The largest absolute Gasteiger partial charge is 0.494 e. The van der Waals surface area contributed by atoms with E-state index in [1.165, 1.54) is 57.7 Å². The van der Waals surface area contributed by atoms with E-state index in [0.29, 0.717) is 0 Å². The van der Waals surface area contributed by atoms with Gasteiger partial charge in [-0.05, 0) is 87.6 Å². The maximum absolute atomic E-state index is 5.50. The van der Waals surface area contributed by atoms with Crippen molar-refractivity contribution in [3.05, 3.63) is 131 Å².